The van der Waals surface area contributed by atoms with Gasteiger partial charge in [-0.3, -0.25) is 0 Å². The number of rotatable bonds is 2. The molecular formula is C8H13ClF2NSiZn. The van der Waals surface area contributed by atoms with Crippen molar-refractivity contribution < 1.29 is 23.6 Å². The van der Waals surface area contributed by atoms with E-state index in [0.29, 0.717) is 0 Å². The molecule has 6 heteroatoms. The summed E-state index contributed by atoms with van der Waals surface area (Å²) in [4.78, 5) is 3.72. The zero-order chi connectivity index (χ0) is 10.1. The maximum Gasteiger partial charge on any atom is -0.147 e. The molecule has 0 radical (unpaired) electrons. The van der Waals surface area contributed by atoms with Gasteiger partial charge >= 0.3 is 84.1 Å². The normalized spacial score (nSPS) is 10.6. The molecule has 0 saturated heterocycles. The summed E-state index contributed by atoms with van der Waals surface area (Å²) in [6.07, 6.45) is 1.52. The first-order valence-corrected chi connectivity index (χ1v) is 11.5. The first kappa shape index (κ1) is 14.1. The molecule has 0 unspecified atom stereocenters. The fraction of sp³-hybridized carbons (Fsp3) is 0.375. The number of hydrogen-bond donors (Lipinski definition) is 0. The molecule has 0 spiro atoms. The Morgan fingerprint density at radius 1 is 1.29 bits per heavy atom. The van der Waals surface area contributed by atoms with Crippen LogP contribution in [-0.2, 0) is 16.9 Å². The van der Waals surface area contributed by atoms with Crippen molar-refractivity contribution in [3.8, 4) is 0 Å². The molecule has 0 N–H and O–H groups in total. The van der Waals surface area contributed by atoms with E-state index in [1.807, 2.05) is 6.07 Å². The van der Waals surface area contributed by atoms with E-state index in [9.17, 15) is 6.63 Å². The van der Waals surface area contributed by atoms with Gasteiger partial charge in [-0.15, -0.1) is 12.4 Å². The second-order valence-electron chi connectivity index (χ2n) is 4.15. The van der Waals surface area contributed by atoms with E-state index in [1.165, 1.54) is 6.20 Å². The largest absolute Gasteiger partial charge is 0.147 e. The Morgan fingerprint density at radius 2 is 1.86 bits per heavy atom. The number of halogens is 3. The standard InChI is InChI=1S/C8H12NSi.ClH.2FH.Zn/c1-10(2,3)8-4-6-9-7-5-8;;;;/h4-6H,1-3H3;3*1H;/q;;;;+2/p-2. The van der Waals surface area contributed by atoms with Gasteiger partial charge in [0.25, 0.3) is 0 Å². The summed E-state index contributed by atoms with van der Waals surface area (Å²) < 4.78 is 25.1. The molecule has 0 atom stereocenters. The Morgan fingerprint density at radius 3 is 2.29 bits per heavy atom. The van der Waals surface area contributed by atoms with Crippen LogP contribution >= 0.6 is 12.4 Å². The summed E-state index contributed by atoms with van der Waals surface area (Å²) in [5.74, 6) is 0. The van der Waals surface area contributed by atoms with Gasteiger partial charge in [0.2, 0.25) is 0 Å². The molecule has 0 aliphatic heterocycles. The first-order valence-electron chi connectivity index (χ1n) is 4.32. The van der Waals surface area contributed by atoms with Crippen molar-refractivity contribution in [1.29, 1.82) is 0 Å². The number of pyridine rings is 1. The summed E-state index contributed by atoms with van der Waals surface area (Å²) >= 11 is -4.35. The summed E-state index contributed by atoms with van der Waals surface area (Å²) in [6, 6.07) is 3.48. The second kappa shape index (κ2) is 5.29. The van der Waals surface area contributed by atoms with E-state index in [4.69, 9.17) is 0 Å². The van der Waals surface area contributed by atoms with Crippen LogP contribution in [0.2, 0.25) is 19.6 Å². The average Bonchev–Trinajstić information content (AvgIpc) is 2.03. The summed E-state index contributed by atoms with van der Waals surface area (Å²) in [5.41, 5.74) is 0. The van der Waals surface area contributed by atoms with Crippen molar-refractivity contribution in [1.82, 2.24) is 4.98 Å². The van der Waals surface area contributed by atoms with E-state index < -0.39 is 25.0 Å². The van der Waals surface area contributed by atoms with Crippen LogP contribution in [0.3, 0.4) is 0 Å². The molecule has 1 aromatic heterocycles. The third-order valence-corrected chi connectivity index (χ3v) is 5.96. The smallest absolute Gasteiger partial charge is 0.147 e. The molecule has 0 saturated carbocycles. The van der Waals surface area contributed by atoms with Gasteiger partial charge in [-0.2, -0.15) is 0 Å². The molecule has 77 valence electrons. The molecule has 0 bridgehead atoms. The first-order chi connectivity index (χ1) is 5.91. The molecular weight excluding hydrogens is 277 g/mol. The summed E-state index contributed by atoms with van der Waals surface area (Å²) in [7, 11) is -1.45. The van der Waals surface area contributed by atoms with Gasteiger partial charge in [0.1, 0.15) is 0 Å². The van der Waals surface area contributed by atoms with Gasteiger partial charge in [0.05, 0.1) is 0 Å². The third-order valence-electron chi connectivity index (χ3n) is 1.96. The topological polar surface area (TPSA) is 12.9 Å². The molecule has 0 amide bonds. The van der Waals surface area contributed by atoms with Gasteiger partial charge < -0.3 is 0 Å². The second-order valence-corrected chi connectivity index (χ2v) is 12.3. The predicted octanol–water partition coefficient (Wildman–Crippen LogP) is 2.06. The fourth-order valence-corrected chi connectivity index (χ4v) is 3.99. The Balaban J connectivity index is 0.00000169. The van der Waals surface area contributed by atoms with E-state index >= 15 is 0 Å². The van der Waals surface area contributed by atoms with E-state index in [-0.39, 0.29) is 16.7 Å². The van der Waals surface area contributed by atoms with Gasteiger partial charge in [0.15, 0.2) is 0 Å². The summed E-state index contributed by atoms with van der Waals surface area (Å²) in [6.45, 7) is 6.44. The van der Waals surface area contributed by atoms with Gasteiger partial charge in [-0.1, -0.05) is 0 Å². The molecule has 0 fully saturated rings. The maximum absolute atomic E-state index is 12.5. The Hall–Kier alpha value is 0.140. The van der Waals surface area contributed by atoms with E-state index in [1.54, 1.807) is 6.07 Å². The number of hydrogen-bond acceptors (Lipinski definition) is 1. The molecule has 14 heavy (non-hydrogen) atoms. The van der Waals surface area contributed by atoms with Crippen molar-refractivity contribution in [3.05, 3.63) is 18.3 Å². The molecule has 1 nitrogen and oxygen atoms in total. The van der Waals surface area contributed by atoms with E-state index in [2.05, 4.69) is 24.6 Å². The van der Waals surface area contributed by atoms with Crippen molar-refractivity contribution in [2.45, 2.75) is 19.6 Å². The van der Waals surface area contributed by atoms with Crippen LogP contribution in [0.15, 0.2) is 18.3 Å². The van der Waals surface area contributed by atoms with Gasteiger partial charge in [-0.25, -0.2) is 0 Å². The quantitative estimate of drug-likeness (QED) is 0.760. The van der Waals surface area contributed by atoms with Crippen LogP contribution in [0, 0.1) is 0 Å². The average molecular weight is 290 g/mol. The van der Waals surface area contributed by atoms with Gasteiger partial charge in [0, 0.05) is 0 Å². The minimum Gasteiger partial charge on any atom is -0.147 e. The fourth-order valence-electron chi connectivity index (χ4n) is 1.09. The van der Waals surface area contributed by atoms with E-state index in [0.717, 1.165) is 5.19 Å². The van der Waals surface area contributed by atoms with Crippen LogP contribution in [0.4, 0.5) is 6.63 Å². The predicted molar refractivity (Wildman–Crippen MR) is 56.3 cm³/mol. The molecule has 0 aliphatic carbocycles. The Kier molecular flexibility index (Phi) is 5.34. The molecule has 1 heterocycles. The van der Waals surface area contributed by atoms with Crippen LogP contribution in [-0.4, -0.2) is 13.1 Å². The summed E-state index contributed by atoms with van der Waals surface area (Å²) in [5, 5.41) is 1.08. The van der Waals surface area contributed by atoms with Crippen LogP contribution in [0.25, 0.3) is 0 Å². The third kappa shape index (κ3) is 3.71. The molecule has 0 aliphatic rings. The van der Waals surface area contributed by atoms with Crippen LogP contribution < -0.4 is 9.47 Å². The van der Waals surface area contributed by atoms with Crippen molar-refractivity contribution in [2.24, 2.45) is 0 Å². The minimum atomic E-state index is -4.35. The molecule has 0 aromatic carbocycles. The molecule has 1 aromatic rings. The zero-order valence-corrected chi connectivity index (χ0v) is 13.3. The van der Waals surface area contributed by atoms with Gasteiger partial charge in [-0.05, 0) is 0 Å². The van der Waals surface area contributed by atoms with Crippen molar-refractivity contribution in [3.63, 3.8) is 0 Å². The maximum atomic E-state index is 12.5. The van der Waals surface area contributed by atoms with Crippen molar-refractivity contribution in [2.75, 3.05) is 0 Å². The SMILES string of the molecule is C[Si](C)(C)c1ccn[c]([Zn]([F])[F])c1.Cl. The number of nitrogens with zero attached hydrogens (tertiary/aromatic N) is 1. The van der Waals surface area contributed by atoms with Crippen molar-refractivity contribution >= 4 is 30.0 Å². The minimum absolute atomic E-state index is 0. The van der Waals surface area contributed by atoms with Crippen LogP contribution in [0.1, 0.15) is 0 Å². The molecule has 1 rings (SSSR count). The monoisotopic (exact) mass is 288 g/mol. The van der Waals surface area contributed by atoms with Crippen LogP contribution in [0.5, 0.6) is 0 Å². The Labute approximate surface area is 96.4 Å². The Bertz CT molecular complexity index is 304. The zero-order valence-electron chi connectivity index (χ0n) is 8.55. The number of aromatic nitrogens is 1.